The zero-order valence-electron chi connectivity index (χ0n) is 17.3. The van der Waals surface area contributed by atoms with Crippen LogP contribution in [0.2, 0.25) is 0 Å². The summed E-state index contributed by atoms with van der Waals surface area (Å²) in [6.45, 7) is 2.32. The fourth-order valence-electron chi connectivity index (χ4n) is 4.26. The van der Waals surface area contributed by atoms with E-state index in [9.17, 15) is 9.59 Å². The summed E-state index contributed by atoms with van der Waals surface area (Å²) < 4.78 is 11.5. The van der Waals surface area contributed by atoms with Crippen LogP contribution in [0.15, 0.2) is 54.7 Å². The number of aromatic nitrogens is 1. The van der Waals surface area contributed by atoms with Crippen LogP contribution >= 0.6 is 0 Å². The van der Waals surface area contributed by atoms with E-state index in [2.05, 4.69) is 11.1 Å². The van der Waals surface area contributed by atoms with Crippen molar-refractivity contribution in [2.45, 2.75) is 18.9 Å². The van der Waals surface area contributed by atoms with Crippen molar-refractivity contribution in [3.8, 4) is 11.5 Å². The molecule has 7 nitrogen and oxygen atoms in total. The molecular weight excluding hydrogens is 394 g/mol. The molecule has 31 heavy (non-hydrogen) atoms. The molecular formula is C24H25N3O4. The van der Waals surface area contributed by atoms with Gasteiger partial charge in [-0.1, -0.05) is 30.3 Å². The van der Waals surface area contributed by atoms with E-state index in [1.165, 1.54) is 5.39 Å². The number of nitrogens with zero attached hydrogens (tertiary/aromatic N) is 2. The third kappa shape index (κ3) is 3.95. The van der Waals surface area contributed by atoms with Crippen molar-refractivity contribution >= 4 is 22.7 Å². The van der Waals surface area contributed by atoms with Crippen LogP contribution < -0.4 is 9.47 Å². The number of hydrogen-bond donors (Lipinski definition) is 1. The number of H-pyrrole nitrogens is 1. The van der Waals surface area contributed by atoms with Gasteiger partial charge in [-0.05, 0) is 30.2 Å². The average molecular weight is 419 g/mol. The Morgan fingerprint density at radius 3 is 2.48 bits per heavy atom. The number of hydrogen-bond acceptors (Lipinski definition) is 4. The van der Waals surface area contributed by atoms with Crippen LogP contribution in [0, 0.1) is 0 Å². The molecule has 7 heteroatoms. The Hall–Kier alpha value is -3.48. The monoisotopic (exact) mass is 419 g/mol. The highest BCUT2D eigenvalue weighted by molar-refractivity contribution is 5.85. The molecule has 2 aliphatic rings. The number of nitrogens with one attached hydrogen (secondary N) is 1. The number of carbonyl (C=O) groups is 2. The van der Waals surface area contributed by atoms with Crippen molar-refractivity contribution in [3.05, 3.63) is 60.3 Å². The zero-order valence-corrected chi connectivity index (χ0v) is 17.3. The van der Waals surface area contributed by atoms with Gasteiger partial charge in [0.2, 0.25) is 12.0 Å². The standard InChI is InChI=1S/C24H25N3O4/c28-23(10-9-17-15-25-19-6-2-1-5-18(17)19)26-11-13-27(14-12-26)24(29)22-16-30-20-7-3-4-8-21(20)31-22/h1-8,15,22,25H,9-14,16H2. The Morgan fingerprint density at radius 1 is 0.935 bits per heavy atom. The number of para-hydroxylation sites is 3. The zero-order chi connectivity index (χ0) is 21.2. The molecule has 1 unspecified atom stereocenters. The lowest BCUT2D eigenvalue weighted by molar-refractivity contribution is -0.146. The summed E-state index contributed by atoms with van der Waals surface area (Å²) in [7, 11) is 0. The molecule has 5 rings (SSSR count). The van der Waals surface area contributed by atoms with E-state index in [4.69, 9.17) is 9.47 Å². The van der Waals surface area contributed by atoms with Crippen molar-refractivity contribution in [3.63, 3.8) is 0 Å². The highest BCUT2D eigenvalue weighted by atomic mass is 16.6. The predicted octanol–water partition coefficient (Wildman–Crippen LogP) is 2.61. The molecule has 2 aromatic carbocycles. The van der Waals surface area contributed by atoms with Gasteiger partial charge in [-0.3, -0.25) is 9.59 Å². The van der Waals surface area contributed by atoms with Gasteiger partial charge in [0.1, 0.15) is 6.61 Å². The maximum absolute atomic E-state index is 12.9. The number of rotatable bonds is 4. The molecule has 2 aliphatic heterocycles. The Morgan fingerprint density at radius 2 is 1.65 bits per heavy atom. The maximum atomic E-state index is 12.9. The van der Waals surface area contributed by atoms with Crippen LogP contribution in [0.3, 0.4) is 0 Å². The molecule has 0 spiro atoms. The molecule has 3 heterocycles. The summed E-state index contributed by atoms with van der Waals surface area (Å²) in [6.07, 6.45) is 2.51. The van der Waals surface area contributed by atoms with Crippen molar-refractivity contribution < 1.29 is 19.1 Å². The third-order valence-corrected chi connectivity index (χ3v) is 6.01. The van der Waals surface area contributed by atoms with Crippen molar-refractivity contribution in [1.29, 1.82) is 0 Å². The van der Waals surface area contributed by atoms with Gasteiger partial charge in [-0.2, -0.15) is 0 Å². The minimum Gasteiger partial charge on any atom is -0.485 e. The first-order valence-electron chi connectivity index (χ1n) is 10.7. The second kappa shape index (κ2) is 8.34. The van der Waals surface area contributed by atoms with Crippen LogP contribution in [0.5, 0.6) is 11.5 Å². The second-order valence-corrected chi connectivity index (χ2v) is 7.93. The first-order chi connectivity index (χ1) is 15.2. The highest BCUT2D eigenvalue weighted by Gasteiger charge is 2.33. The van der Waals surface area contributed by atoms with Crippen LogP contribution in [-0.4, -0.2) is 65.5 Å². The molecule has 2 amide bonds. The smallest absolute Gasteiger partial charge is 0.267 e. The van der Waals surface area contributed by atoms with Gasteiger partial charge < -0.3 is 24.3 Å². The number of aromatic amines is 1. The number of carbonyl (C=O) groups excluding carboxylic acids is 2. The largest absolute Gasteiger partial charge is 0.485 e. The highest BCUT2D eigenvalue weighted by Crippen LogP contribution is 2.31. The Balaban J connectivity index is 1.12. The molecule has 0 saturated carbocycles. The molecule has 0 radical (unpaired) electrons. The SMILES string of the molecule is O=C(CCc1c[nH]c2ccccc12)N1CCN(C(=O)C2COc3ccccc3O2)CC1. The first kappa shape index (κ1) is 19.5. The quantitative estimate of drug-likeness (QED) is 0.706. The van der Waals surface area contributed by atoms with Gasteiger partial charge in [-0.25, -0.2) is 0 Å². The number of aryl methyl sites for hydroxylation is 1. The van der Waals surface area contributed by atoms with Gasteiger partial charge in [0.15, 0.2) is 11.5 Å². The normalized spacial score (nSPS) is 18.3. The lowest BCUT2D eigenvalue weighted by atomic mass is 10.1. The molecule has 3 aromatic rings. The second-order valence-electron chi connectivity index (χ2n) is 7.93. The summed E-state index contributed by atoms with van der Waals surface area (Å²) in [4.78, 5) is 32.5. The van der Waals surface area contributed by atoms with Crippen molar-refractivity contribution in [2.75, 3.05) is 32.8 Å². The predicted molar refractivity (Wildman–Crippen MR) is 116 cm³/mol. The van der Waals surface area contributed by atoms with Gasteiger partial charge in [0, 0.05) is 49.7 Å². The van der Waals surface area contributed by atoms with Crippen molar-refractivity contribution in [1.82, 2.24) is 14.8 Å². The number of ether oxygens (including phenoxy) is 2. The molecule has 0 aliphatic carbocycles. The van der Waals surface area contributed by atoms with E-state index in [0.717, 1.165) is 11.1 Å². The number of piperazine rings is 1. The summed E-state index contributed by atoms with van der Waals surface area (Å²) in [5.74, 6) is 1.30. The van der Waals surface area contributed by atoms with Gasteiger partial charge >= 0.3 is 0 Å². The van der Waals surface area contributed by atoms with E-state index < -0.39 is 6.10 Å². The molecule has 1 atom stereocenters. The number of fused-ring (bicyclic) bond motifs is 2. The summed E-state index contributed by atoms with van der Waals surface area (Å²) in [5.41, 5.74) is 2.25. The summed E-state index contributed by atoms with van der Waals surface area (Å²) in [6, 6.07) is 15.5. The lowest BCUT2D eigenvalue weighted by Crippen LogP contribution is -2.55. The molecule has 1 aromatic heterocycles. The van der Waals surface area contributed by atoms with E-state index in [-0.39, 0.29) is 18.4 Å². The number of amides is 2. The minimum atomic E-state index is -0.640. The first-order valence-corrected chi connectivity index (χ1v) is 10.7. The van der Waals surface area contributed by atoms with E-state index in [1.54, 1.807) is 11.0 Å². The fourth-order valence-corrected chi connectivity index (χ4v) is 4.26. The topological polar surface area (TPSA) is 74.9 Å². The van der Waals surface area contributed by atoms with Crippen LogP contribution in [0.25, 0.3) is 10.9 Å². The Bertz CT molecular complexity index is 1100. The van der Waals surface area contributed by atoms with E-state index in [1.807, 2.05) is 47.5 Å². The third-order valence-electron chi connectivity index (χ3n) is 6.01. The molecule has 0 bridgehead atoms. The molecule has 1 fully saturated rings. The van der Waals surface area contributed by atoms with E-state index in [0.29, 0.717) is 50.5 Å². The minimum absolute atomic E-state index is 0.0830. The number of benzene rings is 2. The lowest BCUT2D eigenvalue weighted by Gasteiger charge is -2.37. The fraction of sp³-hybridized carbons (Fsp3) is 0.333. The van der Waals surface area contributed by atoms with E-state index >= 15 is 0 Å². The van der Waals surface area contributed by atoms with Gasteiger partial charge in [0.25, 0.3) is 5.91 Å². The van der Waals surface area contributed by atoms with Gasteiger partial charge in [0.05, 0.1) is 0 Å². The molecule has 160 valence electrons. The molecule has 1 saturated heterocycles. The molecule has 1 N–H and O–H groups in total. The maximum Gasteiger partial charge on any atom is 0.267 e. The Kier molecular flexibility index (Phi) is 5.24. The van der Waals surface area contributed by atoms with Crippen molar-refractivity contribution in [2.24, 2.45) is 0 Å². The Labute approximate surface area is 180 Å². The summed E-state index contributed by atoms with van der Waals surface area (Å²) in [5, 5.41) is 1.17. The van der Waals surface area contributed by atoms with Crippen LogP contribution in [0.1, 0.15) is 12.0 Å². The van der Waals surface area contributed by atoms with Crippen LogP contribution in [0.4, 0.5) is 0 Å². The average Bonchev–Trinajstić information content (AvgIpc) is 3.25. The van der Waals surface area contributed by atoms with Crippen LogP contribution in [-0.2, 0) is 16.0 Å². The summed E-state index contributed by atoms with van der Waals surface area (Å²) >= 11 is 0. The van der Waals surface area contributed by atoms with Gasteiger partial charge in [-0.15, -0.1) is 0 Å².